The number of para-hydroxylation sites is 2. The van der Waals surface area contributed by atoms with Gasteiger partial charge in [0.15, 0.2) is 0 Å². The molecule has 1 amide bonds. The molecular weight excluding hydrogens is 348 g/mol. The smallest absolute Gasteiger partial charge is 0.275 e. The standard InChI is InChI=1S/C24H18N2O2/c27-24(22-15-6-7-16-23(22)28-20-12-2-1-3-13-20)26-25-17-19-11-8-10-18-9-4-5-14-21(18)19/h1-17H,(H,26,27)/b25-17+. The number of ether oxygens (including phenoxy) is 1. The molecule has 0 spiro atoms. The van der Waals surface area contributed by atoms with Crippen LogP contribution in [0.15, 0.2) is 102 Å². The molecule has 0 saturated heterocycles. The van der Waals surface area contributed by atoms with E-state index in [4.69, 9.17) is 4.74 Å². The van der Waals surface area contributed by atoms with Crippen molar-refractivity contribution in [1.29, 1.82) is 0 Å². The van der Waals surface area contributed by atoms with Crippen LogP contribution >= 0.6 is 0 Å². The van der Waals surface area contributed by atoms with Gasteiger partial charge in [-0.3, -0.25) is 4.79 Å². The first-order valence-electron chi connectivity index (χ1n) is 8.94. The van der Waals surface area contributed by atoms with Gasteiger partial charge in [0.05, 0.1) is 11.8 Å². The Morgan fingerprint density at radius 3 is 2.39 bits per heavy atom. The van der Waals surface area contributed by atoms with Crippen LogP contribution in [0.2, 0.25) is 0 Å². The Balaban J connectivity index is 1.52. The van der Waals surface area contributed by atoms with Crippen molar-refractivity contribution in [3.63, 3.8) is 0 Å². The zero-order valence-corrected chi connectivity index (χ0v) is 15.1. The summed E-state index contributed by atoms with van der Waals surface area (Å²) in [6.07, 6.45) is 1.65. The van der Waals surface area contributed by atoms with Crippen molar-refractivity contribution in [2.45, 2.75) is 0 Å². The maximum Gasteiger partial charge on any atom is 0.275 e. The second-order valence-electron chi connectivity index (χ2n) is 6.18. The second kappa shape index (κ2) is 8.18. The van der Waals surface area contributed by atoms with E-state index in [1.54, 1.807) is 24.4 Å². The lowest BCUT2D eigenvalue weighted by molar-refractivity contribution is 0.0953. The predicted octanol–water partition coefficient (Wildman–Crippen LogP) is 5.40. The molecule has 4 aromatic rings. The van der Waals surface area contributed by atoms with Gasteiger partial charge in [-0.05, 0) is 35.0 Å². The molecule has 0 aromatic heterocycles. The molecule has 0 fully saturated rings. The Morgan fingerprint density at radius 1 is 0.786 bits per heavy atom. The summed E-state index contributed by atoms with van der Waals surface area (Å²) in [7, 11) is 0. The number of carbonyl (C=O) groups excluding carboxylic acids is 1. The minimum absolute atomic E-state index is 0.331. The third-order valence-corrected chi connectivity index (χ3v) is 4.30. The van der Waals surface area contributed by atoms with Gasteiger partial charge in [-0.1, -0.05) is 72.8 Å². The molecule has 0 heterocycles. The van der Waals surface area contributed by atoms with Gasteiger partial charge in [-0.25, -0.2) is 5.43 Å². The first kappa shape index (κ1) is 17.5. The van der Waals surface area contributed by atoms with Crippen LogP contribution in [0.3, 0.4) is 0 Å². The summed E-state index contributed by atoms with van der Waals surface area (Å²) < 4.78 is 5.84. The highest BCUT2D eigenvalue weighted by molar-refractivity contribution is 6.01. The normalized spacial score (nSPS) is 10.9. The number of hydrogen-bond acceptors (Lipinski definition) is 3. The first-order valence-corrected chi connectivity index (χ1v) is 8.94. The maximum absolute atomic E-state index is 12.6. The third kappa shape index (κ3) is 3.91. The number of nitrogens with zero attached hydrogens (tertiary/aromatic N) is 1. The SMILES string of the molecule is O=C(N/N=C/c1cccc2ccccc12)c1ccccc1Oc1ccccc1. The average Bonchev–Trinajstić information content (AvgIpc) is 2.75. The Kier molecular flexibility index (Phi) is 5.11. The molecule has 28 heavy (non-hydrogen) atoms. The van der Waals surface area contributed by atoms with Crippen LogP contribution in [0.1, 0.15) is 15.9 Å². The van der Waals surface area contributed by atoms with Crippen molar-refractivity contribution < 1.29 is 9.53 Å². The largest absolute Gasteiger partial charge is 0.457 e. The molecule has 4 nitrogen and oxygen atoms in total. The molecule has 4 aromatic carbocycles. The Labute approximate surface area is 163 Å². The second-order valence-corrected chi connectivity index (χ2v) is 6.18. The molecular formula is C24H18N2O2. The lowest BCUT2D eigenvalue weighted by atomic mass is 10.1. The van der Waals surface area contributed by atoms with E-state index in [1.807, 2.05) is 78.9 Å². The van der Waals surface area contributed by atoms with E-state index >= 15 is 0 Å². The Morgan fingerprint density at radius 2 is 1.50 bits per heavy atom. The highest BCUT2D eigenvalue weighted by Gasteiger charge is 2.12. The van der Waals surface area contributed by atoms with Crippen molar-refractivity contribution in [2.24, 2.45) is 5.10 Å². The summed E-state index contributed by atoms with van der Waals surface area (Å²) in [4.78, 5) is 12.6. The Bertz CT molecular complexity index is 1130. The number of benzene rings is 4. The van der Waals surface area contributed by atoms with E-state index in [0.717, 1.165) is 16.3 Å². The fraction of sp³-hybridized carbons (Fsp3) is 0. The monoisotopic (exact) mass is 366 g/mol. The zero-order chi connectivity index (χ0) is 19.2. The van der Waals surface area contributed by atoms with E-state index in [1.165, 1.54) is 0 Å². The summed E-state index contributed by atoms with van der Waals surface area (Å²) in [6, 6.07) is 30.5. The number of fused-ring (bicyclic) bond motifs is 1. The van der Waals surface area contributed by atoms with Crippen molar-refractivity contribution in [1.82, 2.24) is 5.43 Å². The van der Waals surface area contributed by atoms with Gasteiger partial charge in [0.25, 0.3) is 5.91 Å². The molecule has 0 aliphatic carbocycles. The van der Waals surface area contributed by atoms with Crippen molar-refractivity contribution in [2.75, 3.05) is 0 Å². The van der Waals surface area contributed by atoms with Gasteiger partial charge in [0, 0.05) is 5.56 Å². The maximum atomic E-state index is 12.6. The van der Waals surface area contributed by atoms with Crippen LogP contribution in [-0.2, 0) is 0 Å². The van der Waals surface area contributed by atoms with Gasteiger partial charge in [0.2, 0.25) is 0 Å². The number of hydrogen-bond donors (Lipinski definition) is 1. The van der Waals surface area contributed by atoms with E-state index in [9.17, 15) is 4.79 Å². The van der Waals surface area contributed by atoms with Crippen LogP contribution in [0.5, 0.6) is 11.5 Å². The molecule has 0 saturated carbocycles. The quantitative estimate of drug-likeness (QED) is 0.380. The average molecular weight is 366 g/mol. The highest BCUT2D eigenvalue weighted by atomic mass is 16.5. The summed E-state index contributed by atoms with van der Waals surface area (Å²) >= 11 is 0. The van der Waals surface area contributed by atoms with Crippen LogP contribution in [0.4, 0.5) is 0 Å². The molecule has 0 atom stereocenters. The topological polar surface area (TPSA) is 50.7 Å². The number of carbonyl (C=O) groups is 1. The molecule has 0 bridgehead atoms. The van der Waals surface area contributed by atoms with Gasteiger partial charge in [0.1, 0.15) is 11.5 Å². The summed E-state index contributed by atoms with van der Waals surface area (Å²) in [5.41, 5.74) is 3.94. The summed E-state index contributed by atoms with van der Waals surface area (Å²) in [5, 5.41) is 6.34. The molecule has 0 aliphatic rings. The van der Waals surface area contributed by atoms with Gasteiger partial charge >= 0.3 is 0 Å². The van der Waals surface area contributed by atoms with Gasteiger partial charge < -0.3 is 4.74 Å². The van der Waals surface area contributed by atoms with Crippen LogP contribution < -0.4 is 10.2 Å². The predicted molar refractivity (Wildman–Crippen MR) is 112 cm³/mol. The van der Waals surface area contributed by atoms with Gasteiger partial charge in [-0.2, -0.15) is 5.10 Å². The fourth-order valence-electron chi connectivity index (χ4n) is 2.94. The molecule has 4 heteroatoms. The minimum atomic E-state index is -0.331. The summed E-state index contributed by atoms with van der Waals surface area (Å²) in [6.45, 7) is 0. The highest BCUT2D eigenvalue weighted by Crippen LogP contribution is 2.25. The zero-order valence-electron chi connectivity index (χ0n) is 15.1. The summed E-state index contributed by atoms with van der Waals surface area (Å²) in [5.74, 6) is 0.816. The Hall–Kier alpha value is -3.92. The van der Waals surface area contributed by atoms with E-state index in [-0.39, 0.29) is 5.91 Å². The molecule has 0 radical (unpaired) electrons. The molecule has 136 valence electrons. The van der Waals surface area contributed by atoms with Crippen LogP contribution in [0, 0.1) is 0 Å². The molecule has 0 unspecified atom stereocenters. The number of nitrogens with one attached hydrogen (secondary N) is 1. The number of rotatable bonds is 5. The number of amides is 1. The van der Waals surface area contributed by atoms with Crippen molar-refractivity contribution in [3.05, 3.63) is 108 Å². The minimum Gasteiger partial charge on any atom is -0.457 e. The third-order valence-electron chi connectivity index (χ3n) is 4.30. The fourth-order valence-corrected chi connectivity index (χ4v) is 2.94. The van der Waals surface area contributed by atoms with E-state index < -0.39 is 0 Å². The lowest BCUT2D eigenvalue weighted by Crippen LogP contribution is -2.18. The van der Waals surface area contributed by atoms with Crippen LogP contribution in [-0.4, -0.2) is 12.1 Å². The number of hydrazone groups is 1. The molecule has 4 rings (SSSR count). The molecule has 0 aliphatic heterocycles. The van der Waals surface area contributed by atoms with Crippen molar-refractivity contribution in [3.8, 4) is 11.5 Å². The van der Waals surface area contributed by atoms with Crippen LogP contribution in [0.25, 0.3) is 10.8 Å². The lowest BCUT2D eigenvalue weighted by Gasteiger charge is -2.09. The van der Waals surface area contributed by atoms with Gasteiger partial charge in [-0.15, -0.1) is 0 Å². The van der Waals surface area contributed by atoms with Crippen molar-refractivity contribution >= 4 is 22.9 Å². The van der Waals surface area contributed by atoms with E-state index in [2.05, 4.69) is 10.5 Å². The first-order chi connectivity index (χ1) is 13.8. The molecule has 1 N–H and O–H groups in total. The van der Waals surface area contributed by atoms with E-state index in [0.29, 0.717) is 17.1 Å².